The Labute approximate surface area is 339 Å². The van der Waals surface area contributed by atoms with E-state index in [1.807, 2.05) is 18.3 Å². The number of nitrogens with zero attached hydrogens (tertiary/aromatic N) is 5. The lowest BCUT2D eigenvalue weighted by atomic mass is 9.74. The van der Waals surface area contributed by atoms with E-state index < -0.39 is 0 Å². The number of fused-ring (bicyclic) bond motifs is 4. The third-order valence-corrected chi connectivity index (χ3v) is 11.2. The van der Waals surface area contributed by atoms with Crippen molar-refractivity contribution < 1.29 is 4.74 Å². The van der Waals surface area contributed by atoms with Gasteiger partial charge in [-0.25, -0.2) is 4.98 Å². The summed E-state index contributed by atoms with van der Waals surface area (Å²) in [6, 6.07) is 61.8. The van der Waals surface area contributed by atoms with Crippen LogP contribution in [0.4, 0.5) is 22.7 Å². The highest BCUT2D eigenvalue weighted by molar-refractivity contribution is 6.72. The van der Waals surface area contributed by atoms with E-state index in [-0.39, 0.29) is 12.4 Å². The molecule has 1 aliphatic heterocycles. The Morgan fingerprint density at radius 1 is 0.569 bits per heavy atom. The van der Waals surface area contributed by atoms with Crippen molar-refractivity contribution in [3.8, 4) is 39.7 Å². The summed E-state index contributed by atoms with van der Waals surface area (Å²) in [7, 11) is 0. The maximum atomic E-state index is 6.66. The van der Waals surface area contributed by atoms with Gasteiger partial charge in [0.2, 0.25) is 5.88 Å². The molecule has 0 spiro atoms. The molecule has 0 aliphatic carbocycles. The minimum atomic E-state index is -0.0680. The second-order valence-electron chi connectivity index (χ2n) is 15.9. The minimum absolute atomic E-state index is 0.0248. The quantitative estimate of drug-likeness (QED) is 0.152. The molecule has 280 valence electrons. The predicted molar refractivity (Wildman–Crippen MR) is 241 cm³/mol. The van der Waals surface area contributed by atoms with E-state index in [1.165, 1.54) is 33.5 Å². The summed E-state index contributed by atoms with van der Waals surface area (Å²) in [6.45, 7) is 8.88. The first-order valence-corrected chi connectivity index (χ1v) is 19.9. The maximum Gasteiger partial charge on any atom is 0.381 e. The zero-order valence-electron chi connectivity index (χ0n) is 33.0. The largest absolute Gasteiger partial charge is 0.439 e. The smallest absolute Gasteiger partial charge is 0.381 e. The van der Waals surface area contributed by atoms with Crippen molar-refractivity contribution in [2.24, 2.45) is 0 Å². The summed E-state index contributed by atoms with van der Waals surface area (Å²) in [5, 5.41) is 2.17. The first kappa shape index (κ1) is 35.3. The number of pyridine rings is 2. The molecule has 0 saturated heterocycles. The molecule has 6 aromatic carbocycles. The molecular formula is C51H42BN5O. The van der Waals surface area contributed by atoms with E-state index in [9.17, 15) is 0 Å². The highest BCUT2D eigenvalue weighted by Crippen LogP contribution is 2.51. The topological polar surface area (TPSA) is 46.4 Å². The van der Waals surface area contributed by atoms with Crippen LogP contribution >= 0.6 is 0 Å². The van der Waals surface area contributed by atoms with Gasteiger partial charge in [-0.05, 0) is 77.5 Å². The molecule has 9 aromatic rings. The number of benzene rings is 6. The lowest BCUT2D eigenvalue weighted by Crippen LogP contribution is -2.41. The van der Waals surface area contributed by atoms with E-state index >= 15 is 0 Å². The number of para-hydroxylation sites is 4. The van der Waals surface area contributed by atoms with Crippen molar-refractivity contribution in [3.05, 3.63) is 188 Å². The van der Waals surface area contributed by atoms with Crippen LogP contribution in [0.5, 0.6) is 11.6 Å². The molecule has 0 radical (unpaired) electrons. The molecule has 0 N–H and O–H groups in total. The molecule has 0 unspecified atom stereocenters. The van der Waals surface area contributed by atoms with Crippen LogP contribution in [0.25, 0.3) is 50.0 Å². The van der Waals surface area contributed by atoms with Crippen molar-refractivity contribution in [2.75, 3.05) is 9.62 Å². The molecule has 0 atom stereocenters. The Balaban J connectivity index is 1.05. The van der Waals surface area contributed by atoms with Crippen LogP contribution in [0, 0.1) is 0 Å². The maximum absolute atomic E-state index is 6.66. The van der Waals surface area contributed by atoms with Crippen LogP contribution < -0.4 is 14.4 Å². The molecule has 7 heteroatoms. The minimum Gasteiger partial charge on any atom is -0.439 e. The monoisotopic (exact) mass is 751 g/mol. The Hall–Kier alpha value is -7.12. The standard InChI is InChI=1S/C51H42BN5O/c1-51(2,3)37-31-32-53-47(33-37)55-44-26-12-11-23-42(44)43-29-30-48(54-50(43)55)58-39-22-15-21-38(34-39)56-45-27-13-14-28-46(45)57(52(56)4)49-40(35-17-7-5-8-18-35)24-16-25-41(49)36-19-9-6-10-20-36/h5-34H,1-4H3. The van der Waals surface area contributed by atoms with Gasteiger partial charge in [0.25, 0.3) is 0 Å². The molecular weight excluding hydrogens is 709 g/mol. The zero-order chi connectivity index (χ0) is 39.4. The number of ether oxygens (including phenoxy) is 1. The Morgan fingerprint density at radius 3 is 1.91 bits per heavy atom. The molecule has 0 bridgehead atoms. The molecule has 10 rings (SSSR count). The Kier molecular flexibility index (Phi) is 8.60. The van der Waals surface area contributed by atoms with Gasteiger partial charge in [0, 0.05) is 51.6 Å². The van der Waals surface area contributed by atoms with Crippen molar-refractivity contribution >= 4 is 51.7 Å². The third kappa shape index (κ3) is 6.07. The van der Waals surface area contributed by atoms with Gasteiger partial charge in [-0.15, -0.1) is 0 Å². The van der Waals surface area contributed by atoms with Gasteiger partial charge in [-0.2, -0.15) is 4.98 Å². The highest BCUT2D eigenvalue weighted by atomic mass is 16.5. The van der Waals surface area contributed by atoms with Crippen molar-refractivity contribution in [3.63, 3.8) is 0 Å². The fraction of sp³-hybridized carbons (Fsp3) is 0.0980. The van der Waals surface area contributed by atoms with Crippen molar-refractivity contribution in [1.29, 1.82) is 0 Å². The molecule has 6 nitrogen and oxygen atoms in total. The average Bonchev–Trinajstić information content (AvgIpc) is 3.74. The second-order valence-corrected chi connectivity index (χ2v) is 15.9. The van der Waals surface area contributed by atoms with Crippen LogP contribution in [0.2, 0.25) is 6.82 Å². The number of hydrogen-bond donors (Lipinski definition) is 0. The van der Waals surface area contributed by atoms with E-state index in [0.717, 1.165) is 44.8 Å². The van der Waals surface area contributed by atoms with E-state index in [1.54, 1.807) is 0 Å². The van der Waals surface area contributed by atoms with Gasteiger partial charge in [0.1, 0.15) is 11.6 Å². The molecule has 0 saturated carbocycles. The normalized spacial score (nSPS) is 12.7. The SMILES string of the molecule is CB1N(c2cccc(Oc3ccc4c5ccccc5n(-c5cc(C(C)(C)C)ccn5)c4n3)c2)c2ccccc2N1c1c(-c2ccccc2)cccc1-c1ccccc1. The fourth-order valence-electron chi connectivity index (χ4n) is 8.49. The van der Waals surface area contributed by atoms with Crippen molar-refractivity contribution in [1.82, 2.24) is 14.5 Å². The predicted octanol–water partition coefficient (Wildman–Crippen LogP) is 13.4. The van der Waals surface area contributed by atoms with Gasteiger partial charge >= 0.3 is 6.98 Å². The summed E-state index contributed by atoms with van der Waals surface area (Å²) in [5.74, 6) is 2.06. The first-order chi connectivity index (χ1) is 28.3. The van der Waals surface area contributed by atoms with Gasteiger partial charge in [-0.1, -0.05) is 136 Å². The lowest BCUT2D eigenvalue weighted by molar-refractivity contribution is 0.465. The molecule has 0 fully saturated rings. The van der Waals surface area contributed by atoms with Crippen LogP contribution in [0.3, 0.4) is 0 Å². The summed E-state index contributed by atoms with van der Waals surface area (Å²) < 4.78 is 8.81. The first-order valence-electron chi connectivity index (χ1n) is 19.9. The summed E-state index contributed by atoms with van der Waals surface area (Å²) in [6.07, 6.45) is 1.89. The molecule has 4 heterocycles. The molecule has 58 heavy (non-hydrogen) atoms. The van der Waals surface area contributed by atoms with Gasteiger partial charge in [-0.3, -0.25) is 4.57 Å². The van der Waals surface area contributed by atoms with E-state index in [2.05, 4.69) is 206 Å². The number of aromatic nitrogens is 3. The van der Waals surface area contributed by atoms with Crippen LogP contribution in [-0.4, -0.2) is 21.5 Å². The molecule has 0 amide bonds. The van der Waals surface area contributed by atoms with Crippen molar-refractivity contribution in [2.45, 2.75) is 33.0 Å². The number of anilines is 4. The zero-order valence-corrected chi connectivity index (χ0v) is 33.0. The van der Waals surface area contributed by atoms with E-state index in [4.69, 9.17) is 14.7 Å². The third-order valence-electron chi connectivity index (χ3n) is 11.2. The number of rotatable bonds is 7. The van der Waals surface area contributed by atoms with Gasteiger partial charge in [0.15, 0.2) is 5.65 Å². The Bertz CT molecular complexity index is 2900. The highest BCUT2D eigenvalue weighted by Gasteiger charge is 2.40. The van der Waals surface area contributed by atoms with Crippen LogP contribution in [-0.2, 0) is 5.41 Å². The fourth-order valence-corrected chi connectivity index (χ4v) is 8.49. The molecule has 3 aromatic heterocycles. The summed E-state index contributed by atoms with van der Waals surface area (Å²) in [5.41, 5.74) is 12.2. The van der Waals surface area contributed by atoms with E-state index in [0.29, 0.717) is 11.6 Å². The van der Waals surface area contributed by atoms with Crippen LogP contribution in [0.15, 0.2) is 182 Å². The molecule has 1 aliphatic rings. The number of hydrogen-bond acceptors (Lipinski definition) is 5. The summed E-state index contributed by atoms with van der Waals surface area (Å²) in [4.78, 5) is 14.9. The Morgan fingerprint density at radius 2 is 1.21 bits per heavy atom. The second kappa shape index (κ2) is 14.1. The summed E-state index contributed by atoms with van der Waals surface area (Å²) >= 11 is 0. The van der Waals surface area contributed by atoms with Gasteiger partial charge in [0.05, 0.1) is 16.9 Å². The lowest BCUT2D eigenvalue weighted by Gasteiger charge is -2.31. The van der Waals surface area contributed by atoms with Crippen LogP contribution in [0.1, 0.15) is 26.3 Å². The van der Waals surface area contributed by atoms with Gasteiger partial charge < -0.3 is 14.4 Å². The average molecular weight is 752 g/mol.